The van der Waals surface area contributed by atoms with Crippen molar-refractivity contribution in [1.29, 1.82) is 0 Å². The van der Waals surface area contributed by atoms with Crippen LogP contribution in [0.1, 0.15) is 26.5 Å². The molecular formula is C16H13N5O5. The number of nitro benzene ring substituents is 1. The number of nitrogens with zero attached hydrogens (tertiary/aromatic N) is 4. The summed E-state index contributed by atoms with van der Waals surface area (Å²) >= 11 is 0. The first-order valence-electron chi connectivity index (χ1n) is 7.44. The van der Waals surface area contributed by atoms with Crippen molar-refractivity contribution in [2.75, 3.05) is 7.11 Å². The average Bonchev–Trinajstić information content (AvgIpc) is 3.08. The number of carbonyl (C=O) groups is 2. The fraction of sp³-hybridized carbons (Fsp3) is 0.125. The number of carbonyl (C=O) groups excluding carboxylic acids is 2. The zero-order valence-corrected chi connectivity index (χ0v) is 13.6. The molecule has 10 nitrogen and oxygen atoms in total. The summed E-state index contributed by atoms with van der Waals surface area (Å²) in [5.74, 6) is -0.870. The second kappa shape index (κ2) is 6.97. The molecule has 0 saturated carbocycles. The third kappa shape index (κ3) is 3.34. The Morgan fingerprint density at radius 3 is 2.73 bits per heavy atom. The van der Waals surface area contributed by atoms with Gasteiger partial charge in [0.1, 0.15) is 0 Å². The minimum Gasteiger partial charge on any atom is -0.465 e. The van der Waals surface area contributed by atoms with E-state index in [1.54, 1.807) is 22.7 Å². The van der Waals surface area contributed by atoms with Gasteiger partial charge in [-0.15, -0.1) is 10.2 Å². The van der Waals surface area contributed by atoms with Gasteiger partial charge in [0, 0.05) is 23.9 Å². The molecule has 1 amide bonds. The highest BCUT2D eigenvalue weighted by atomic mass is 16.6. The van der Waals surface area contributed by atoms with E-state index >= 15 is 0 Å². The van der Waals surface area contributed by atoms with E-state index in [0.29, 0.717) is 11.5 Å². The fourth-order valence-corrected chi connectivity index (χ4v) is 2.36. The Balaban J connectivity index is 1.83. The minimum atomic E-state index is -0.772. The van der Waals surface area contributed by atoms with Crippen molar-refractivity contribution in [3.05, 3.63) is 69.7 Å². The molecule has 3 aromatic rings. The first kappa shape index (κ1) is 17.0. The van der Waals surface area contributed by atoms with Crippen LogP contribution in [-0.4, -0.2) is 38.5 Å². The van der Waals surface area contributed by atoms with Crippen LogP contribution < -0.4 is 5.32 Å². The van der Waals surface area contributed by atoms with Gasteiger partial charge in [0.25, 0.3) is 11.6 Å². The average molecular weight is 355 g/mol. The van der Waals surface area contributed by atoms with Crippen LogP contribution in [0.2, 0.25) is 0 Å². The van der Waals surface area contributed by atoms with Crippen molar-refractivity contribution in [2.24, 2.45) is 0 Å². The number of benzene rings is 1. The highest BCUT2D eigenvalue weighted by Gasteiger charge is 2.18. The molecule has 1 N–H and O–H groups in total. The van der Waals surface area contributed by atoms with Gasteiger partial charge in [-0.2, -0.15) is 0 Å². The Morgan fingerprint density at radius 1 is 1.23 bits per heavy atom. The van der Waals surface area contributed by atoms with Crippen molar-refractivity contribution in [3.8, 4) is 0 Å². The maximum atomic E-state index is 12.4. The van der Waals surface area contributed by atoms with E-state index < -0.39 is 16.8 Å². The topological polar surface area (TPSA) is 129 Å². The molecule has 0 spiro atoms. The Bertz CT molecular complexity index is 1010. The lowest BCUT2D eigenvalue weighted by Crippen LogP contribution is -2.24. The number of methoxy groups -OCH3 is 1. The van der Waals surface area contributed by atoms with Crippen LogP contribution in [0.25, 0.3) is 5.65 Å². The van der Waals surface area contributed by atoms with Gasteiger partial charge in [0.15, 0.2) is 11.5 Å². The van der Waals surface area contributed by atoms with Gasteiger partial charge in [-0.3, -0.25) is 19.3 Å². The number of pyridine rings is 1. The molecule has 1 aromatic carbocycles. The van der Waals surface area contributed by atoms with Crippen molar-refractivity contribution < 1.29 is 19.2 Å². The highest BCUT2D eigenvalue weighted by molar-refractivity contribution is 5.98. The summed E-state index contributed by atoms with van der Waals surface area (Å²) < 4.78 is 6.26. The second-order valence-electron chi connectivity index (χ2n) is 5.24. The van der Waals surface area contributed by atoms with Gasteiger partial charge in [-0.1, -0.05) is 6.07 Å². The molecule has 132 valence electrons. The second-order valence-corrected chi connectivity index (χ2v) is 5.24. The number of non-ortho nitro benzene ring substituents is 1. The Morgan fingerprint density at radius 2 is 2.00 bits per heavy atom. The third-order valence-electron chi connectivity index (χ3n) is 3.60. The van der Waals surface area contributed by atoms with Crippen molar-refractivity contribution in [1.82, 2.24) is 19.9 Å². The molecule has 0 aliphatic heterocycles. The third-order valence-corrected chi connectivity index (χ3v) is 3.60. The van der Waals surface area contributed by atoms with Crippen LogP contribution >= 0.6 is 0 Å². The maximum Gasteiger partial charge on any atom is 0.338 e. The predicted octanol–water partition coefficient (Wildman–Crippen LogP) is 1.35. The zero-order chi connectivity index (χ0) is 18.7. The maximum absolute atomic E-state index is 12.4. The summed E-state index contributed by atoms with van der Waals surface area (Å²) in [4.78, 5) is 34.4. The van der Waals surface area contributed by atoms with Crippen molar-refractivity contribution in [2.45, 2.75) is 6.54 Å². The number of nitro groups is 1. The van der Waals surface area contributed by atoms with E-state index in [2.05, 4.69) is 20.3 Å². The molecule has 0 fully saturated rings. The van der Waals surface area contributed by atoms with Crippen LogP contribution in [0.3, 0.4) is 0 Å². The Hall–Kier alpha value is -3.82. The number of hydrogen-bond donors (Lipinski definition) is 1. The van der Waals surface area contributed by atoms with Gasteiger partial charge in [-0.05, 0) is 18.2 Å². The van der Waals surface area contributed by atoms with E-state index in [1.807, 2.05) is 6.07 Å². The summed E-state index contributed by atoms with van der Waals surface area (Å²) in [6.45, 7) is 0.0558. The molecule has 0 bridgehead atoms. The van der Waals surface area contributed by atoms with E-state index in [-0.39, 0.29) is 23.4 Å². The number of fused-ring (bicyclic) bond motifs is 1. The van der Waals surface area contributed by atoms with Crippen LogP contribution in [0, 0.1) is 10.1 Å². The van der Waals surface area contributed by atoms with Gasteiger partial charge in [0.05, 0.1) is 24.1 Å². The molecule has 0 radical (unpaired) electrons. The van der Waals surface area contributed by atoms with Gasteiger partial charge < -0.3 is 10.1 Å². The molecule has 0 atom stereocenters. The van der Waals surface area contributed by atoms with E-state index in [1.165, 1.54) is 6.07 Å². The number of hydrogen-bond acceptors (Lipinski definition) is 7. The van der Waals surface area contributed by atoms with Crippen LogP contribution in [0.5, 0.6) is 0 Å². The monoisotopic (exact) mass is 355 g/mol. The van der Waals surface area contributed by atoms with E-state index in [4.69, 9.17) is 0 Å². The lowest BCUT2D eigenvalue weighted by atomic mass is 10.1. The first-order valence-corrected chi connectivity index (χ1v) is 7.44. The van der Waals surface area contributed by atoms with Crippen molar-refractivity contribution >= 4 is 23.2 Å². The van der Waals surface area contributed by atoms with Crippen LogP contribution in [0.15, 0.2) is 42.6 Å². The molecule has 10 heteroatoms. The number of amides is 1. The molecule has 3 rings (SSSR count). The Kier molecular flexibility index (Phi) is 4.56. The largest absolute Gasteiger partial charge is 0.465 e. The summed E-state index contributed by atoms with van der Waals surface area (Å²) in [6.07, 6.45) is 1.75. The van der Waals surface area contributed by atoms with Crippen molar-refractivity contribution in [3.63, 3.8) is 0 Å². The minimum absolute atomic E-state index is 0.0339. The SMILES string of the molecule is COC(=O)c1cc(C(=O)NCc2nnc3ccccn23)cc([N+](=O)[O-])c1. The zero-order valence-electron chi connectivity index (χ0n) is 13.6. The molecule has 2 aromatic heterocycles. The van der Waals surface area contributed by atoms with E-state index in [0.717, 1.165) is 19.2 Å². The smallest absolute Gasteiger partial charge is 0.338 e. The fourth-order valence-electron chi connectivity index (χ4n) is 2.36. The van der Waals surface area contributed by atoms with Gasteiger partial charge in [0.2, 0.25) is 0 Å². The molecule has 0 aliphatic rings. The summed E-state index contributed by atoms with van der Waals surface area (Å²) in [5, 5.41) is 21.6. The number of rotatable bonds is 5. The van der Waals surface area contributed by atoms with Gasteiger partial charge in [-0.25, -0.2) is 4.79 Å². The quantitative estimate of drug-likeness (QED) is 0.415. The molecule has 0 unspecified atom stereocenters. The standard InChI is InChI=1S/C16H13N5O5/c1-26-16(23)11-6-10(7-12(8-11)21(24)25)15(22)17-9-14-19-18-13-4-2-3-5-20(13)14/h2-8H,9H2,1H3,(H,17,22). The Labute approximate surface area is 146 Å². The summed E-state index contributed by atoms with van der Waals surface area (Å²) in [6, 6.07) is 8.74. The number of nitrogens with one attached hydrogen (secondary N) is 1. The van der Waals surface area contributed by atoms with E-state index in [9.17, 15) is 19.7 Å². The number of aromatic nitrogens is 3. The molecule has 26 heavy (non-hydrogen) atoms. The summed E-state index contributed by atoms with van der Waals surface area (Å²) in [7, 11) is 1.15. The number of esters is 1. The lowest BCUT2D eigenvalue weighted by Gasteiger charge is -2.06. The molecular weight excluding hydrogens is 342 g/mol. The summed E-state index contributed by atoms with van der Waals surface area (Å²) in [5.41, 5.74) is 0.124. The normalized spacial score (nSPS) is 10.5. The predicted molar refractivity (Wildman–Crippen MR) is 88.6 cm³/mol. The molecule has 2 heterocycles. The number of ether oxygens (including phenoxy) is 1. The molecule has 0 saturated heterocycles. The molecule has 0 aliphatic carbocycles. The van der Waals surface area contributed by atoms with Gasteiger partial charge >= 0.3 is 5.97 Å². The van der Waals surface area contributed by atoms with Crippen LogP contribution in [-0.2, 0) is 11.3 Å². The first-order chi connectivity index (χ1) is 12.5. The highest BCUT2D eigenvalue weighted by Crippen LogP contribution is 2.18. The van der Waals surface area contributed by atoms with Crippen LogP contribution in [0.4, 0.5) is 5.69 Å². The lowest BCUT2D eigenvalue weighted by molar-refractivity contribution is -0.384.